The van der Waals surface area contributed by atoms with Gasteiger partial charge in [-0.25, -0.2) is 9.78 Å². The molecule has 0 fully saturated rings. The summed E-state index contributed by atoms with van der Waals surface area (Å²) in [6.07, 6.45) is 0.263. The smallest absolute Gasteiger partial charge is 0.353 e. The van der Waals surface area contributed by atoms with Crippen molar-refractivity contribution >= 4 is 45.7 Å². The predicted octanol–water partition coefficient (Wildman–Crippen LogP) is 5.79. The molecule has 0 saturated carbocycles. The highest BCUT2D eigenvalue weighted by Gasteiger charge is 2.28. The van der Waals surface area contributed by atoms with Crippen molar-refractivity contribution in [3.05, 3.63) is 101 Å². The zero-order valence-electron chi connectivity index (χ0n) is 20.6. The van der Waals surface area contributed by atoms with Crippen LogP contribution in [0, 0.1) is 11.3 Å². The minimum atomic E-state index is -0.960. The van der Waals surface area contributed by atoms with E-state index >= 15 is 0 Å². The van der Waals surface area contributed by atoms with Gasteiger partial charge in [-0.2, -0.15) is 0 Å². The molecule has 9 heteroatoms. The molecule has 192 valence electrons. The summed E-state index contributed by atoms with van der Waals surface area (Å²) in [6.45, 7) is 1.76. The van der Waals surface area contributed by atoms with E-state index in [-0.39, 0.29) is 18.9 Å². The lowest BCUT2D eigenvalue weighted by Gasteiger charge is -2.14. The molecular weight excluding hydrogens is 500 g/mol. The SMILES string of the molecule is CCC(C(=N)C(=O)OCc1ccccc1)C(=O)Nc1nc(-c2ccc(NC(=O)c3ccccc3)cc2)cs1. The zero-order valence-corrected chi connectivity index (χ0v) is 21.5. The summed E-state index contributed by atoms with van der Waals surface area (Å²) in [4.78, 5) is 42.0. The summed E-state index contributed by atoms with van der Waals surface area (Å²) in [7, 11) is 0. The Balaban J connectivity index is 1.33. The van der Waals surface area contributed by atoms with Crippen molar-refractivity contribution in [3.63, 3.8) is 0 Å². The summed E-state index contributed by atoms with van der Waals surface area (Å²) in [5.41, 5.74) is 3.08. The van der Waals surface area contributed by atoms with Crippen molar-refractivity contribution in [3.8, 4) is 11.3 Å². The first-order valence-corrected chi connectivity index (χ1v) is 12.8. The number of nitrogens with one attached hydrogen (secondary N) is 3. The van der Waals surface area contributed by atoms with Crippen LogP contribution in [0.3, 0.4) is 0 Å². The van der Waals surface area contributed by atoms with Gasteiger partial charge in [0.25, 0.3) is 5.91 Å². The van der Waals surface area contributed by atoms with Gasteiger partial charge in [-0.1, -0.05) is 67.6 Å². The predicted molar refractivity (Wildman–Crippen MR) is 148 cm³/mol. The summed E-state index contributed by atoms with van der Waals surface area (Å²) in [6, 6.07) is 25.3. The van der Waals surface area contributed by atoms with Crippen LogP contribution >= 0.6 is 11.3 Å². The molecule has 2 amide bonds. The van der Waals surface area contributed by atoms with Crippen molar-refractivity contribution in [1.29, 1.82) is 5.41 Å². The molecule has 0 aliphatic heterocycles. The number of esters is 1. The van der Waals surface area contributed by atoms with Crippen LogP contribution in [0.1, 0.15) is 29.3 Å². The number of thiazole rings is 1. The Bertz CT molecular complexity index is 1420. The number of aromatic nitrogens is 1. The Morgan fingerprint density at radius 1 is 0.921 bits per heavy atom. The van der Waals surface area contributed by atoms with Crippen molar-refractivity contribution in [2.75, 3.05) is 10.6 Å². The Hall–Kier alpha value is -4.63. The highest BCUT2D eigenvalue weighted by atomic mass is 32.1. The highest BCUT2D eigenvalue weighted by Crippen LogP contribution is 2.27. The molecule has 0 radical (unpaired) electrons. The van der Waals surface area contributed by atoms with E-state index in [4.69, 9.17) is 10.1 Å². The molecular formula is C29H26N4O4S. The van der Waals surface area contributed by atoms with Crippen molar-refractivity contribution in [2.24, 2.45) is 5.92 Å². The lowest BCUT2D eigenvalue weighted by molar-refractivity contribution is -0.137. The third-order valence-electron chi connectivity index (χ3n) is 5.71. The summed E-state index contributed by atoms with van der Waals surface area (Å²) >= 11 is 1.24. The zero-order chi connectivity index (χ0) is 26.9. The number of benzene rings is 3. The van der Waals surface area contributed by atoms with Gasteiger partial charge in [0, 0.05) is 22.2 Å². The van der Waals surface area contributed by atoms with Crippen LogP contribution in [0.25, 0.3) is 11.3 Å². The lowest BCUT2D eigenvalue weighted by Crippen LogP contribution is -2.34. The Kier molecular flexibility index (Phi) is 8.73. The summed E-state index contributed by atoms with van der Waals surface area (Å²) in [5.74, 6) is -2.47. The molecule has 1 heterocycles. The second-order valence-corrected chi connectivity index (χ2v) is 9.22. The molecule has 0 aliphatic carbocycles. The number of hydrogen-bond donors (Lipinski definition) is 3. The van der Waals surface area contributed by atoms with Crippen molar-refractivity contribution in [1.82, 2.24) is 4.98 Å². The van der Waals surface area contributed by atoms with E-state index in [1.807, 2.05) is 48.5 Å². The standard InChI is InChI=1S/C29H26N4O4S/c1-2-23(25(30)28(36)37-17-19-9-5-3-6-10-19)27(35)33-29-32-24(18-38-29)20-13-15-22(16-14-20)31-26(34)21-11-7-4-8-12-21/h3-16,18,23,30H,2,17H2,1H3,(H,31,34)(H,32,33,35). The molecule has 38 heavy (non-hydrogen) atoms. The number of amides is 2. The Labute approximate surface area is 224 Å². The maximum atomic E-state index is 12.8. The number of carbonyl (C=O) groups is 3. The molecule has 1 atom stereocenters. The van der Waals surface area contributed by atoms with E-state index in [9.17, 15) is 14.4 Å². The summed E-state index contributed by atoms with van der Waals surface area (Å²) < 4.78 is 5.21. The largest absolute Gasteiger partial charge is 0.456 e. The number of carbonyl (C=O) groups excluding carboxylic acids is 3. The molecule has 3 aromatic carbocycles. The van der Waals surface area contributed by atoms with Gasteiger partial charge in [-0.05, 0) is 36.2 Å². The quantitative estimate of drug-likeness (QED) is 0.178. The number of anilines is 2. The van der Waals surface area contributed by atoms with Crippen molar-refractivity contribution < 1.29 is 19.1 Å². The van der Waals surface area contributed by atoms with E-state index in [0.29, 0.717) is 22.1 Å². The van der Waals surface area contributed by atoms with Gasteiger partial charge in [0.15, 0.2) is 5.13 Å². The minimum absolute atomic E-state index is 0.0324. The normalized spacial score (nSPS) is 11.3. The fourth-order valence-corrected chi connectivity index (χ4v) is 4.36. The van der Waals surface area contributed by atoms with Crippen LogP contribution < -0.4 is 10.6 Å². The van der Waals surface area contributed by atoms with E-state index in [1.165, 1.54) is 11.3 Å². The third kappa shape index (κ3) is 6.77. The Morgan fingerprint density at radius 3 is 2.24 bits per heavy atom. The maximum absolute atomic E-state index is 12.8. The van der Waals surface area contributed by atoms with Crippen LogP contribution in [0.5, 0.6) is 0 Å². The van der Waals surface area contributed by atoms with Crippen LogP contribution in [0.15, 0.2) is 90.3 Å². The number of ether oxygens (including phenoxy) is 1. The van der Waals surface area contributed by atoms with Gasteiger partial charge in [-0.15, -0.1) is 11.3 Å². The Morgan fingerprint density at radius 2 is 1.58 bits per heavy atom. The molecule has 3 N–H and O–H groups in total. The van der Waals surface area contributed by atoms with E-state index in [1.54, 1.807) is 48.7 Å². The average molecular weight is 527 g/mol. The fourth-order valence-electron chi connectivity index (χ4n) is 3.64. The van der Waals surface area contributed by atoms with E-state index < -0.39 is 23.5 Å². The molecule has 8 nitrogen and oxygen atoms in total. The summed E-state index contributed by atoms with van der Waals surface area (Å²) in [5, 5.41) is 15.9. The second-order valence-electron chi connectivity index (χ2n) is 8.36. The van der Waals surface area contributed by atoms with Crippen molar-refractivity contribution in [2.45, 2.75) is 20.0 Å². The maximum Gasteiger partial charge on any atom is 0.353 e. The van der Waals surface area contributed by atoms with Gasteiger partial charge in [-0.3, -0.25) is 15.0 Å². The van der Waals surface area contributed by atoms with E-state index in [0.717, 1.165) is 11.1 Å². The first-order chi connectivity index (χ1) is 18.4. The van der Waals surface area contributed by atoms with Gasteiger partial charge in [0.1, 0.15) is 12.3 Å². The van der Waals surface area contributed by atoms with Gasteiger partial charge in [0.2, 0.25) is 5.91 Å². The average Bonchev–Trinajstić information content (AvgIpc) is 3.41. The van der Waals surface area contributed by atoms with E-state index in [2.05, 4.69) is 15.6 Å². The topological polar surface area (TPSA) is 121 Å². The molecule has 0 bridgehead atoms. The van der Waals surface area contributed by atoms with Crippen LogP contribution in [0.2, 0.25) is 0 Å². The second kappa shape index (κ2) is 12.6. The molecule has 1 aromatic heterocycles. The number of rotatable bonds is 10. The van der Waals surface area contributed by atoms with Crippen LogP contribution in [-0.2, 0) is 20.9 Å². The molecule has 4 aromatic rings. The van der Waals surface area contributed by atoms with Gasteiger partial charge < -0.3 is 15.4 Å². The lowest BCUT2D eigenvalue weighted by atomic mass is 9.99. The molecule has 0 spiro atoms. The van der Waals surface area contributed by atoms with Gasteiger partial charge >= 0.3 is 5.97 Å². The number of nitrogens with zero attached hydrogens (tertiary/aromatic N) is 1. The molecule has 0 aliphatic rings. The number of hydrogen-bond acceptors (Lipinski definition) is 7. The minimum Gasteiger partial charge on any atom is -0.456 e. The van der Waals surface area contributed by atoms with Crippen LogP contribution in [-0.4, -0.2) is 28.5 Å². The van der Waals surface area contributed by atoms with Gasteiger partial charge in [0.05, 0.1) is 11.6 Å². The first kappa shape index (κ1) is 26.4. The molecule has 0 saturated heterocycles. The third-order valence-corrected chi connectivity index (χ3v) is 6.47. The van der Waals surface area contributed by atoms with Crippen LogP contribution in [0.4, 0.5) is 10.8 Å². The monoisotopic (exact) mass is 526 g/mol. The highest BCUT2D eigenvalue weighted by molar-refractivity contribution is 7.14. The first-order valence-electron chi connectivity index (χ1n) is 12.0. The molecule has 4 rings (SSSR count). The fraction of sp³-hybridized carbons (Fsp3) is 0.138. The molecule has 1 unspecified atom stereocenters.